The molecule has 0 aromatic rings. The minimum absolute atomic E-state index is 0.0188. The molecule has 0 unspecified atom stereocenters. The number of fused-ring (bicyclic) bond motifs is 1. The van der Waals surface area contributed by atoms with Crippen molar-refractivity contribution in [2.24, 2.45) is 34.5 Å². The maximum atomic E-state index is 12.6. The Hall–Kier alpha value is -1.62. The normalized spacial score (nSPS) is 56.8. The fourth-order valence-corrected chi connectivity index (χ4v) is 7.22. The number of esters is 1. The van der Waals surface area contributed by atoms with Gasteiger partial charge in [0.05, 0.1) is 17.4 Å². The molecule has 5 nitrogen and oxygen atoms in total. The van der Waals surface area contributed by atoms with Gasteiger partial charge in [0.1, 0.15) is 5.60 Å². The van der Waals surface area contributed by atoms with E-state index in [9.17, 15) is 19.8 Å². The van der Waals surface area contributed by atoms with E-state index in [0.29, 0.717) is 25.7 Å². The lowest BCUT2D eigenvalue weighted by Gasteiger charge is -2.44. The summed E-state index contributed by atoms with van der Waals surface area (Å²) in [5.41, 5.74) is -1.13. The van der Waals surface area contributed by atoms with Crippen LogP contribution in [0.5, 0.6) is 0 Å². The number of carbonyl (C=O) groups excluding carboxylic acids is 1. The Morgan fingerprint density at radius 3 is 2.92 bits per heavy atom. The van der Waals surface area contributed by atoms with Gasteiger partial charge in [0.15, 0.2) is 0 Å². The Morgan fingerprint density at radius 2 is 2.21 bits per heavy atom. The highest BCUT2D eigenvalue weighted by atomic mass is 16.6. The summed E-state index contributed by atoms with van der Waals surface area (Å²) < 4.78 is 5.97. The van der Waals surface area contributed by atoms with Crippen LogP contribution in [0.1, 0.15) is 32.6 Å². The van der Waals surface area contributed by atoms with Crippen molar-refractivity contribution < 1.29 is 24.5 Å². The molecule has 24 heavy (non-hydrogen) atoms. The molecule has 5 aliphatic rings. The number of hydrogen-bond donors (Lipinski definition) is 2. The molecule has 1 heterocycles. The molecule has 3 saturated carbocycles. The van der Waals surface area contributed by atoms with Crippen LogP contribution in [0.3, 0.4) is 0 Å². The molecule has 4 aliphatic carbocycles. The van der Waals surface area contributed by atoms with Crippen molar-refractivity contribution >= 4 is 11.9 Å². The summed E-state index contributed by atoms with van der Waals surface area (Å²) in [5.74, 6) is -2.26. The van der Waals surface area contributed by atoms with E-state index in [4.69, 9.17) is 4.74 Å². The molecule has 4 fully saturated rings. The third kappa shape index (κ3) is 1.28. The molecule has 1 aliphatic heterocycles. The summed E-state index contributed by atoms with van der Waals surface area (Å²) in [6, 6.07) is 0. The smallest absolute Gasteiger partial charge is 0.316 e. The molecule has 2 N–H and O–H groups in total. The van der Waals surface area contributed by atoms with Crippen LogP contribution in [-0.4, -0.2) is 33.9 Å². The Morgan fingerprint density at radius 1 is 1.46 bits per heavy atom. The number of aliphatic hydroxyl groups is 1. The van der Waals surface area contributed by atoms with Gasteiger partial charge >= 0.3 is 11.9 Å². The van der Waals surface area contributed by atoms with E-state index < -0.39 is 34.4 Å². The lowest BCUT2D eigenvalue weighted by atomic mass is 9.62. The van der Waals surface area contributed by atoms with Gasteiger partial charge in [0.2, 0.25) is 0 Å². The third-order valence-corrected chi connectivity index (χ3v) is 7.92. The van der Waals surface area contributed by atoms with E-state index in [-0.39, 0.29) is 23.7 Å². The van der Waals surface area contributed by atoms with Crippen molar-refractivity contribution in [3.63, 3.8) is 0 Å². The largest absolute Gasteiger partial charge is 0.481 e. The van der Waals surface area contributed by atoms with Gasteiger partial charge in [-0.25, -0.2) is 0 Å². The maximum absolute atomic E-state index is 12.6. The topological polar surface area (TPSA) is 83.8 Å². The number of carboxylic acid groups (broad SMARTS) is 1. The van der Waals surface area contributed by atoms with E-state index in [1.54, 1.807) is 0 Å². The molecular weight excluding hydrogens is 308 g/mol. The van der Waals surface area contributed by atoms with Gasteiger partial charge in [0, 0.05) is 24.2 Å². The molecule has 128 valence electrons. The first-order valence-corrected chi connectivity index (χ1v) is 8.76. The zero-order valence-electron chi connectivity index (χ0n) is 13.7. The highest BCUT2D eigenvalue weighted by Crippen LogP contribution is 2.76. The van der Waals surface area contributed by atoms with Gasteiger partial charge in [-0.3, -0.25) is 9.59 Å². The van der Waals surface area contributed by atoms with Gasteiger partial charge in [-0.1, -0.05) is 24.3 Å². The molecule has 8 atom stereocenters. The summed E-state index contributed by atoms with van der Waals surface area (Å²) in [7, 11) is 0. The van der Waals surface area contributed by atoms with Crippen molar-refractivity contribution in [1.82, 2.24) is 0 Å². The summed E-state index contributed by atoms with van der Waals surface area (Å²) in [5, 5.41) is 20.7. The molecule has 0 aromatic carbocycles. The minimum atomic E-state index is -0.877. The zero-order valence-corrected chi connectivity index (χ0v) is 13.7. The summed E-state index contributed by atoms with van der Waals surface area (Å²) >= 11 is 0. The second kappa shape index (κ2) is 3.96. The van der Waals surface area contributed by atoms with Gasteiger partial charge in [-0.15, -0.1) is 0 Å². The van der Waals surface area contributed by atoms with Crippen molar-refractivity contribution in [3.05, 3.63) is 24.3 Å². The Kier molecular flexibility index (Phi) is 2.42. The van der Waals surface area contributed by atoms with Gasteiger partial charge in [0.25, 0.3) is 0 Å². The molecular formula is C19H22O5. The number of ether oxygens (including phenoxy) is 1. The van der Waals surface area contributed by atoms with Crippen LogP contribution in [0, 0.1) is 34.5 Å². The molecule has 5 rings (SSSR count). The van der Waals surface area contributed by atoms with E-state index >= 15 is 0 Å². The first-order chi connectivity index (χ1) is 11.3. The molecule has 4 bridgehead atoms. The molecule has 0 aromatic heterocycles. The van der Waals surface area contributed by atoms with Crippen LogP contribution in [-0.2, 0) is 14.3 Å². The molecule has 0 radical (unpaired) electrons. The van der Waals surface area contributed by atoms with Gasteiger partial charge in [-0.2, -0.15) is 0 Å². The predicted molar refractivity (Wildman–Crippen MR) is 83.7 cm³/mol. The number of carboxylic acids is 1. The van der Waals surface area contributed by atoms with E-state index in [1.807, 2.05) is 19.1 Å². The number of carbonyl (C=O) groups is 2. The Bertz CT molecular complexity index is 725. The number of hydrogen-bond acceptors (Lipinski definition) is 4. The number of aliphatic carboxylic acids is 1. The first kappa shape index (κ1) is 14.7. The fraction of sp³-hybridized carbons (Fsp3) is 0.684. The van der Waals surface area contributed by atoms with E-state index in [0.717, 1.165) is 5.57 Å². The Balaban J connectivity index is 1.77. The van der Waals surface area contributed by atoms with E-state index in [2.05, 4.69) is 6.58 Å². The first-order valence-electron chi connectivity index (χ1n) is 8.76. The number of aliphatic hydroxyl groups excluding tert-OH is 1. The number of rotatable bonds is 1. The van der Waals surface area contributed by atoms with Crippen molar-refractivity contribution in [1.29, 1.82) is 0 Å². The second-order valence-electron chi connectivity index (χ2n) is 8.76. The van der Waals surface area contributed by atoms with Crippen LogP contribution in [0.15, 0.2) is 24.3 Å². The summed E-state index contributed by atoms with van der Waals surface area (Å²) in [6.07, 6.45) is 5.65. The summed E-state index contributed by atoms with van der Waals surface area (Å²) in [4.78, 5) is 25.0. The standard InChI is InChI=1S/C19H22O5/c1-9-7-18-8-10(9)11(20)6-12(18)19-5-3-4-17(2,16(23)24-19)14(19)13(18)15(21)22/h3-4,10-14,20H,1,5-8H2,2H3,(H,21,22)/t10-,11-,12-,13-,14-,17-,18+,19-/m1/s1. The molecule has 1 saturated heterocycles. The van der Waals surface area contributed by atoms with Crippen LogP contribution >= 0.6 is 0 Å². The molecule has 0 amide bonds. The minimum Gasteiger partial charge on any atom is -0.481 e. The monoisotopic (exact) mass is 330 g/mol. The van der Waals surface area contributed by atoms with Gasteiger partial charge < -0.3 is 14.9 Å². The van der Waals surface area contributed by atoms with Crippen LogP contribution in [0.2, 0.25) is 0 Å². The maximum Gasteiger partial charge on any atom is 0.316 e. The third-order valence-electron chi connectivity index (χ3n) is 7.92. The van der Waals surface area contributed by atoms with Gasteiger partial charge in [-0.05, 0) is 31.6 Å². The average molecular weight is 330 g/mol. The highest BCUT2D eigenvalue weighted by Gasteiger charge is 2.81. The molecule has 1 spiro atoms. The SMILES string of the molecule is C=C1C[C@]23C[C@H]1[C@H](O)C[C@H]2[C@@]12CC=C[C@@](C)(C(=O)O1)[C@H]2[C@@H]3C(=O)O. The fourth-order valence-electron chi connectivity index (χ4n) is 7.22. The molecule has 5 heteroatoms. The van der Waals surface area contributed by atoms with Crippen molar-refractivity contribution in [2.75, 3.05) is 0 Å². The summed E-state index contributed by atoms with van der Waals surface area (Å²) in [6.45, 7) is 5.95. The van der Waals surface area contributed by atoms with Crippen molar-refractivity contribution in [2.45, 2.75) is 44.3 Å². The van der Waals surface area contributed by atoms with Crippen LogP contribution < -0.4 is 0 Å². The van der Waals surface area contributed by atoms with Crippen LogP contribution in [0.25, 0.3) is 0 Å². The highest BCUT2D eigenvalue weighted by molar-refractivity contribution is 5.86. The lowest BCUT2D eigenvalue weighted by molar-refractivity contribution is -0.162. The average Bonchev–Trinajstić information content (AvgIpc) is 2.96. The lowest BCUT2D eigenvalue weighted by Crippen LogP contribution is -2.47. The second-order valence-corrected chi connectivity index (χ2v) is 8.76. The van der Waals surface area contributed by atoms with E-state index in [1.165, 1.54) is 0 Å². The predicted octanol–water partition coefficient (Wildman–Crippen LogP) is 1.91. The van der Waals surface area contributed by atoms with Crippen molar-refractivity contribution in [3.8, 4) is 0 Å². The van der Waals surface area contributed by atoms with Crippen LogP contribution in [0.4, 0.5) is 0 Å². The Labute approximate surface area is 140 Å². The zero-order chi connectivity index (χ0) is 17.1. The quantitative estimate of drug-likeness (QED) is 0.567.